The third-order valence-electron chi connectivity index (χ3n) is 2.87. The Bertz CT molecular complexity index is 498. The van der Waals surface area contributed by atoms with Crippen LogP contribution >= 0.6 is 15.9 Å². The maximum absolute atomic E-state index is 12.0. The van der Waals surface area contributed by atoms with Crippen LogP contribution < -0.4 is 5.32 Å². The quantitative estimate of drug-likeness (QED) is 0.717. The van der Waals surface area contributed by atoms with Crippen LogP contribution in [0.3, 0.4) is 0 Å². The summed E-state index contributed by atoms with van der Waals surface area (Å²) < 4.78 is 5.36. The molecule has 0 spiro atoms. The van der Waals surface area contributed by atoms with E-state index < -0.39 is 17.9 Å². The highest BCUT2D eigenvalue weighted by Crippen LogP contribution is 2.42. The molecule has 0 aliphatic heterocycles. The number of halogens is 1. The second kappa shape index (κ2) is 5.70. The van der Waals surface area contributed by atoms with Crippen LogP contribution in [0.2, 0.25) is 0 Å². The van der Waals surface area contributed by atoms with Crippen molar-refractivity contribution >= 4 is 27.8 Å². The number of methoxy groups -OCH3 is 1. The Morgan fingerprint density at radius 1 is 1.63 bits per heavy atom. The van der Waals surface area contributed by atoms with Crippen molar-refractivity contribution in [3.05, 3.63) is 15.9 Å². The Labute approximate surface area is 117 Å². The molecular weight excluding hydrogens is 318 g/mol. The molecule has 1 aliphatic carbocycles. The fourth-order valence-electron chi connectivity index (χ4n) is 1.70. The van der Waals surface area contributed by atoms with Crippen LogP contribution in [-0.2, 0) is 9.53 Å². The summed E-state index contributed by atoms with van der Waals surface area (Å²) in [6, 6.07) is -1.09. The zero-order valence-electron chi connectivity index (χ0n) is 10.3. The molecule has 7 nitrogen and oxygen atoms in total. The molecule has 0 saturated heterocycles. The largest absolute Gasteiger partial charge is 0.480 e. The number of carbonyl (C=O) groups excluding carboxylic acids is 1. The highest BCUT2D eigenvalue weighted by Gasteiger charge is 2.31. The van der Waals surface area contributed by atoms with Crippen molar-refractivity contribution in [1.82, 2.24) is 15.5 Å². The third kappa shape index (κ3) is 3.13. The van der Waals surface area contributed by atoms with Crippen molar-refractivity contribution in [1.29, 1.82) is 0 Å². The van der Waals surface area contributed by atoms with Crippen molar-refractivity contribution in [3.8, 4) is 0 Å². The zero-order valence-corrected chi connectivity index (χ0v) is 11.9. The summed E-state index contributed by atoms with van der Waals surface area (Å²) in [4.78, 5) is 22.9. The van der Waals surface area contributed by atoms with E-state index >= 15 is 0 Å². The zero-order chi connectivity index (χ0) is 14.0. The fourth-order valence-corrected chi connectivity index (χ4v) is 2.38. The maximum atomic E-state index is 12.0. The molecule has 1 aromatic rings. The van der Waals surface area contributed by atoms with Crippen molar-refractivity contribution < 1.29 is 19.4 Å². The van der Waals surface area contributed by atoms with E-state index in [0.29, 0.717) is 10.4 Å². The molecule has 8 heteroatoms. The summed E-state index contributed by atoms with van der Waals surface area (Å²) in [5.74, 6) is -1.28. The molecule has 1 unspecified atom stereocenters. The number of aromatic nitrogens is 2. The van der Waals surface area contributed by atoms with Gasteiger partial charge in [0.25, 0.3) is 5.91 Å². The number of nitrogens with one attached hydrogen (secondary N) is 2. The molecule has 0 bridgehead atoms. The van der Waals surface area contributed by atoms with Crippen LogP contribution in [0.1, 0.15) is 34.9 Å². The Morgan fingerprint density at radius 3 is 2.84 bits per heavy atom. The Morgan fingerprint density at radius 2 is 2.32 bits per heavy atom. The van der Waals surface area contributed by atoms with E-state index in [9.17, 15) is 9.59 Å². The molecule has 1 saturated carbocycles. The van der Waals surface area contributed by atoms with E-state index in [-0.39, 0.29) is 12.3 Å². The lowest BCUT2D eigenvalue weighted by atomic mass is 10.2. The highest BCUT2D eigenvalue weighted by atomic mass is 79.9. The van der Waals surface area contributed by atoms with Gasteiger partial charge in [0.2, 0.25) is 0 Å². The van der Waals surface area contributed by atoms with Gasteiger partial charge in [-0.25, -0.2) is 4.79 Å². The number of aliphatic carboxylic acids is 1. The summed E-state index contributed by atoms with van der Waals surface area (Å²) in [6.45, 7) is -0.0986. The number of carboxylic acid groups (broad SMARTS) is 1. The number of aromatic amines is 1. The van der Waals surface area contributed by atoms with Crippen molar-refractivity contribution in [2.24, 2.45) is 0 Å². The van der Waals surface area contributed by atoms with Crippen molar-refractivity contribution in [2.75, 3.05) is 13.7 Å². The molecule has 104 valence electrons. The molecule has 0 radical (unpaired) electrons. The van der Waals surface area contributed by atoms with E-state index in [1.807, 2.05) is 0 Å². The van der Waals surface area contributed by atoms with E-state index in [1.165, 1.54) is 7.11 Å². The monoisotopic (exact) mass is 331 g/mol. The summed E-state index contributed by atoms with van der Waals surface area (Å²) in [6.07, 6.45) is 2.15. The van der Waals surface area contributed by atoms with Crippen LogP contribution in [-0.4, -0.2) is 46.9 Å². The second-order valence-corrected chi connectivity index (χ2v) is 5.19. The lowest BCUT2D eigenvalue weighted by molar-refractivity contribution is -0.140. The molecule has 0 aromatic carbocycles. The predicted octanol–water partition coefficient (Wildman–Crippen LogP) is 0.879. The van der Waals surface area contributed by atoms with Gasteiger partial charge in [-0.2, -0.15) is 5.10 Å². The first-order valence-electron chi connectivity index (χ1n) is 5.81. The van der Waals surface area contributed by atoms with Crippen LogP contribution in [0.4, 0.5) is 0 Å². The van der Waals surface area contributed by atoms with Gasteiger partial charge in [-0.3, -0.25) is 9.89 Å². The molecule has 2 rings (SSSR count). The first kappa shape index (κ1) is 14.0. The van der Waals surface area contributed by atoms with Gasteiger partial charge in [0.1, 0.15) is 0 Å². The predicted molar refractivity (Wildman–Crippen MR) is 69.0 cm³/mol. The number of carboxylic acids is 1. The minimum absolute atomic E-state index is 0.0986. The average Bonchev–Trinajstić information content (AvgIpc) is 3.12. The molecule has 3 N–H and O–H groups in total. The number of carbonyl (C=O) groups is 2. The highest BCUT2D eigenvalue weighted by molar-refractivity contribution is 9.10. The van der Waals surface area contributed by atoms with Gasteiger partial charge in [0, 0.05) is 13.0 Å². The number of H-pyrrole nitrogens is 1. The van der Waals surface area contributed by atoms with Crippen LogP contribution in [0.5, 0.6) is 0 Å². The number of ether oxygens (including phenoxy) is 1. The summed E-state index contributed by atoms with van der Waals surface area (Å²) >= 11 is 3.33. The van der Waals surface area contributed by atoms with Crippen molar-refractivity contribution in [3.63, 3.8) is 0 Å². The second-order valence-electron chi connectivity index (χ2n) is 4.39. The fraction of sp³-hybridized carbons (Fsp3) is 0.545. The standard InChI is InChI=1S/C11H14BrN3O4/c1-19-4-6(11(17)18)13-10(16)9-7(12)8(14-15-9)5-2-3-5/h5-6H,2-4H2,1H3,(H,13,16)(H,14,15)(H,17,18). The van der Waals surface area contributed by atoms with Crippen molar-refractivity contribution in [2.45, 2.75) is 24.8 Å². The number of amides is 1. The van der Waals surface area contributed by atoms with E-state index in [4.69, 9.17) is 9.84 Å². The smallest absolute Gasteiger partial charge is 0.328 e. The molecule has 1 fully saturated rings. The van der Waals surface area contributed by atoms with Gasteiger partial charge in [0.05, 0.1) is 16.8 Å². The maximum Gasteiger partial charge on any atom is 0.328 e. The minimum atomic E-state index is -1.15. The molecule has 1 atom stereocenters. The number of hydrogen-bond acceptors (Lipinski definition) is 4. The summed E-state index contributed by atoms with van der Waals surface area (Å²) in [7, 11) is 1.37. The van der Waals surface area contributed by atoms with Gasteiger partial charge in [-0.1, -0.05) is 0 Å². The first-order valence-corrected chi connectivity index (χ1v) is 6.60. The first-order chi connectivity index (χ1) is 9.04. The lowest BCUT2D eigenvalue weighted by Gasteiger charge is -2.12. The minimum Gasteiger partial charge on any atom is -0.480 e. The molecular formula is C11H14BrN3O4. The third-order valence-corrected chi connectivity index (χ3v) is 3.67. The molecule has 19 heavy (non-hydrogen) atoms. The van der Waals surface area contributed by atoms with Gasteiger partial charge in [0.15, 0.2) is 11.7 Å². The number of rotatable bonds is 6. The Kier molecular flexibility index (Phi) is 4.20. The van der Waals surface area contributed by atoms with Gasteiger partial charge < -0.3 is 15.2 Å². The number of nitrogens with zero attached hydrogens (tertiary/aromatic N) is 1. The SMILES string of the molecule is COCC(NC(=O)c1n[nH]c(C2CC2)c1Br)C(=O)O. The van der Waals surface area contributed by atoms with E-state index in [1.54, 1.807) is 0 Å². The van der Waals surface area contributed by atoms with Crippen LogP contribution in [0.15, 0.2) is 4.47 Å². The van der Waals surface area contributed by atoms with Gasteiger partial charge >= 0.3 is 5.97 Å². The summed E-state index contributed by atoms with van der Waals surface area (Å²) in [5.41, 5.74) is 1.06. The average molecular weight is 332 g/mol. The summed E-state index contributed by atoms with van der Waals surface area (Å²) in [5, 5.41) is 18.1. The Hall–Kier alpha value is -1.41. The van der Waals surface area contributed by atoms with Gasteiger partial charge in [-0.15, -0.1) is 0 Å². The number of hydrogen-bond donors (Lipinski definition) is 3. The van der Waals surface area contributed by atoms with Crippen LogP contribution in [0, 0.1) is 0 Å². The molecule has 1 amide bonds. The topological polar surface area (TPSA) is 104 Å². The molecule has 1 heterocycles. The molecule has 1 aromatic heterocycles. The van der Waals surface area contributed by atoms with Gasteiger partial charge in [-0.05, 0) is 28.8 Å². The normalized spacial score (nSPS) is 16.1. The lowest BCUT2D eigenvalue weighted by Crippen LogP contribution is -2.44. The van der Waals surface area contributed by atoms with Crippen LogP contribution in [0.25, 0.3) is 0 Å². The van der Waals surface area contributed by atoms with E-state index in [2.05, 4.69) is 31.4 Å². The molecule has 1 aliphatic rings. The Balaban J connectivity index is 2.08. The van der Waals surface area contributed by atoms with E-state index in [0.717, 1.165) is 18.5 Å².